The smallest absolute Gasteiger partial charge is 0.267 e. The summed E-state index contributed by atoms with van der Waals surface area (Å²) >= 11 is 1.27. The second-order valence-corrected chi connectivity index (χ2v) is 5.47. The summed E-state index contributed by atoms with van der Waals surface area (Å²) in [5.74, 6) is -0.877. The van der Waals surface area contributed by atoms with Gasteiger partial charge in [-0.2, -0.15) is 5.10 Å². The summed E-state index contributed by atoms with van der Waals surface area (Å²) in [6.07, 6.45) is 1.56. The number of nitrogens with zero attached hydrogens (tertiary/aromatic N) is 3. The zero-order chi connectivity index (χ0) is 16.2. The second-order valence-electron chi connectivity index (χ2n) is 4.58. The van der Waals surface area contributed by atoms with Crippen LogP contribution in [-0.4, -0.2) is 20.7 Å². The van der Waals surface area contributed by atoms with E-state index in [1.54, 1.807) is 29.8 Å². The van der Waals surface area contributed by atoms with Crippen molar-refractivity contribution in [3.05, 3.63) is 64.1 Å². The van der Waals surface area contributed by atoms with Gasteiger partial charge in [0.2, 0.25) is 5.91 Å². The maximum Gasteiger partial charge on any atom is 0.267 e. The first kappa shape index (κ1) is 15.0. The van der Waals surface area contributed by atoms with E-state index in [0.29, 0.717) is 5.13 Å². The molecule has 0 fully saturated rings. The fraction of sp³-hybridized carbons (Fsp3) is 0.0667. The van der Waals surface area contributed by atoms with E-state index in [9.17, 15) is 14.0 Å². The van der Waals surface area contributed by atoms with Crippen molar-refractivity contribution >= 4 is 22.4 Å². The lowest BCUT2D eigenvalue weighted by Gasteiger charge is -2.07. The van der Waals surface area contributed by atoms with Crippen molar-refractivity contribution in [1.29, 1.82) is 0 Å². The van der Waals surface area contributed by atoms with Crippen molar-refractivity contribution in [3.63, 3.8) is 0 Å². The van der Waals surface area contributed by atoms with Crippen LogP contribution < -0.4 is 10.9 Å². The number of halogens is 1. The summed E-state index contributed by atoms with van der Waals surface area (Å²) in [5, 5.41) is 8.78. The number of carbonyl (C=O) groups is 1. The lowest BCUT2D eigenvalue weighted by atomic mass is 10.1. The van der Waals surface area contributed by atoms with Crippen LogP contribution in [-0.2, 0) is 11.3 Å². The van der Waals surface area contributed by atoms with Crippen molar-refractivity contribution in [2.24, 2.45) is 0 Å². The number of aromatic nitrogens is 3. The number of hydrogen-bond acceptors (Lipinski definition) is 5. The standard InChI is InChI=1S/C15H11FN4O2S/c16-11-4-2-1-3-10(11)12-5-6-14(22)20(19-12)9-13(21)18-15-17-7-8-23-15/h1-8H,9H2,(H,17,18,21). The number of thiazole rings is 1. The molecule has 0 radical (unpaired) electrons. The number of carbonyl (C=O) groups excluding carboxylic acids is 1. The fourth-order valence-corrected chi connectivity index (χ4v) is 2.50. The number of nitrogens with one attached hydrogen (secondary N) is 1. The Morgan fingerprint density at radius 3 is 2.83 bits per heavy atom. The minimum Gasteiger partial charge on any atom is -0.300 e. The van der Waals surface area contributed by atoms with Crippen molar-refractivity contribution in [2.45, 2.75) is 6.54 Å². The fourth-order valence-electron chi connectivity index (χ4n) is 1.95. The molecule has 3 aromatic rings. The van der Waals surface area contributed by atoms with E-state index >= 15 is 0 Å². The van der Waals surface area contributed by atoms with Crippen LogP contribution in [0, 0.1) is 5.82 Å². The minimum absolute atomic E-state index is 0.265. The lowest BCUT2D eigenvalue weighted by Crippen LogP contribution is -2.29. The Morgan fingerprint density at radius 1 is 1.26 bits per heavy atom. The van der Waals surface area contributed by atoms with Gasteiger partial charge in [-0.25, -0.2) is 14.1 Å². The van der Waals surface area contributed by atoms with Gasteiger partial charge in [0.1, 0.15) is 12.4 Å². The quantitative estimate of drug-likeness (QED) is 0.795. The Hall–Kier alpha value is -2.87. The third kappa shape index (κ3) is 3.49. The summed E-state index contributed by atoms with van der Waals surface area (Å²) in [7, 11) is 0. The van der Waals surface area contributed by atoms with Crippen LogP contribution in [0.15, 0.2) is 52.8 Å². The summed E-state index contributed by atoms with van der Waals surface area (Å²) in [5.41, 5.74) is 0.103. The normalized spacial score (nSPS) is 10.5. The van der Waals surface area contributed by atoms with Crippen molar-refractivity contribution < 1.29 is 9.18 Å². The third-order valence-corrected chi connectivity index (χ3v) is 3.68. The predicted octanol–water partition coefficient (Wildman–Crippen LogP) is 2.14. The van der Waals surface area contributed by atoms with E-state index in [2.05, 4.69) is 15.4 Å². The molecule has 0 aliphatic heterocycles. The van der Waals surface area contributed by atoms with Gasteiger partial charge in [0.05, 0.1) is 5.69 Å². The molecule has 8 heteroatoms. The lowest BCUT2D eigenvalue weighted by molar-refractivity contribution is -0.117. The number of hydrogen-bond donors (Lipinski definition) is 1. The van der Waals surface area contributed by atoms with Crippen LogP contribution in [0.1, 0.15) is 0 Å². The number of benzene rings is 1. The Bertz CT molecular complexity index is 892. The van der Waals surface area contributed by atoms with Gasteiger partial charge in [-0.15, -0.1) is 11.3 Å². The van der Waals surface area contributed by atoms with E-state index in [0.717, 1.165) is 4.68 Å². The van der Waals surface area contributed by atoms with Gasteiger partial charge >= 0.3 is 0 Å². The van der Waals surface area contributed by atoms with E-state index in [1.165, 1.54) is 29.5 Å². The summed E-state index contributed by atoms with van der Waals surface area (Å²) < 4.78 is 14.8. The Morgan fingerprint density at radius 2 is 2.09 bits per heavy atom. The molecule has 2 heterocycles. The highest BCUT2D eigenvalue weighted by atomic mass is 32.1. The summed E-state index contributed by atoms with van der Waals surface area (Å²) in [6, 6.07) is 8.78. The van der Waals surface area contributed by atoms with Gasteiger partial charge in [-0.05, 0) is 18.2 Å². The number of amides is 1. The van der Waals surface area contributed by atoms with E-state index in [1.807, 2.05) is 0 Å². The molecule has 1 aromatic carbocycles. The number of rotatable bonds is 4. The van der Waals surface area contributed by atoms with Crippen molar-refractivity contribution in [3.8, 4) is 11.3 Å². The molecule has 23 heavy (non-hydrogen) atoms. The molecule has 0 saturated carbocycles. The predicted molar refractivity (Wildman–Crippen MR) is 84.6 cm³/mol. The third-order valence-electron chi connectivity index (χ3n) is 2.99. The molecule has 0 bridgehead atoms. The first-order valence-electron chi connectivity index (χ1n) is 6.66. The molecule has 1 amide bonds. The maximum absolute atomic E-state index is 13.8. The first-order valence-corrected chi connectivity index (χ1v) is 7.54. The molecule has 3 rings (SSSR count). The highest BCUT2D eigenvalue weighted by Gasteiger charge is 2.11. The van der Waals surface area contributed by atoms with Gasteiger partial charge in [-0.1, -0.05) is 12.1 Å². The molecule has 0 unspecified atom stereocenters. The van der Waals surface area contributed by atoms with Crippen LogP contribution in [0.3, 0.4) is 0 Å². The monoisotopic (exact) mass is 330 g/mol. The van der Waals surface area contributed by atoms with Gasteiger partial charge < -0.3 is 5.32 Å². The second kappa shape index (κ2) is 6.49. The molecule has 0 aliphatic rings. The van der Waals surface area contributed by atoms with Gasteiger partial charge in [0.15, 0.2) is 5.13 Å². The summed E-state index contributed by atoms with van der Waals surface area (Å²) in [4.78, 5) is 27.7. The average Bonchev–Trinajstić information content (AvgIpc) is 3.03. The molecule has 1 N–H and O–H groups in total. The summed E-state index contributed by atoms with van der Waals surface area (Å²) in [6.45, 7) is -0.277. The minimum atomic E-state index is -0.447. The van der Waals surface area contributed by atoms with Crippen LogP contribution in [0.5, 0.6) is 0 Å². The first-order chi connectivity index (χ1) is 11.1. The van der Waals surface area contributed by atoms with Gasteiger partial charge in [0.25, 0.3) is 5.56 Å². The van der Waals surface area contributed by atoms with Crippen LogP contribution in [0.2, 0.25) is 0 Å². The van der Waals surface area contributed by atoms with Gasteiger partial charge in [0, 0.05) is 23.2 Å². The molecular formula is C15H11FN4O2S. The molecule has 0 spiro atoms. The Balaban J connectivity index is 1.85. The number of anilines is 1. The van der Waals surface area contributed by atoms with E-state index < -0.39 is 17.3 Å². The van der Waals surface area contributed by atoms with Crippen LogP contribution >= 0.6 is 11.3 Å². The zero-order valence-corrected chi connectivity index (χ0v) is 12.6. The zero-order valence-electron chi connectivity index (χ0n) is 11.8. The maximum atomic E-state index is 13.8. The largest absolute Gasteiger partial charge is 0.300 e. The SMILES string of the molecule is O=C(Cn1nc(-c2ccccc2F)ccc1=O)Nc1nccs1. The van der Waals surface area contributed by atoms with Crippen LogP contribution in [0.25, 0.3) is 11.3 Å². The molecule has 0 saturated heterocycles. The Kier molecular flexibility index (Phi) is 4.24. The van der Waals surface area contributed by atoms with Crippen LogP contribution in [0.4, 0.5) is 9.52 Å². The molecule has 6 nitrogen and oxygen atoms in total. The topological polar surface area (TPSA) is 76.9 Å². The highest BCUT2D eigenvalue weighted by molar-refractivity contribution is 7.13. The molecule has 0 aliphatic carbocycles. The molecular weight excluding hydrogens is 319 g/mol. The average molecular weight is 330 g/mol. The van der Waals surface area contributed by atoms with Crippen molar-refractivity contribution in [1.82, 2.24) is 14.8 Å². The van der Waals surface area contributed by atoms with Crippen molar-refractivity contribution in [2.75, 3.05) is 5.32 Å². The molecule has 116 valence electrons. The van der Waals surface area contributed by atoms with Gasteiger partial charge in [-0.3, -0.25) is 9.59 Å². The Labute approximate surface area is 134 Å². The van der Waals surface area contributed by atoms with E-state index in [4.69, 9.17) is 0 Å². The molecule has 0 atom stereocenters. The highest BCUT2D eigenvalue weighted by Crippen LogP contribution is 2.18. The molecule has 2 aromatic heterocycles. The van der Waals surface area contributed by atoms with E-state index in [-0.39, 0.29) is 17.8 Å².